The van der Waals surface area contributed by atoms with Crippen molar-refractivity contribution in [3.63, 3.8) is 0 Å². The number of fused-ring (bicyclic) bond motifs is 1. The van der Waals surface area contributed by atoms with Crippen LogP contribution < -0.4 is 10.2 Å². The van der Waals surface area contributed by atoms with Gasteiger partial charge >= 0.3 is 0 Å². The van der Waals surface area contributed by atoms with E-state index in [0.717, 1.165) is 5.69 Å². The molecule has 1 aliphatic rings. The number of ether oxygens (including phenoxy) is 1. The number of non-ortho nitro benzene ring substituents is 1. The van der Waals surface area contributed by atoms with Crippen LogP contribution in [-0.2, 0) is 4.74 Å². The van der Waals surface area contributed by atoms with Gasteiger partial charge in [-0.3, -0.25) is 14.9 Å². The molecule has 36 heavy (non-hydrogen) atoms. The van der Waals surface area contributed by atoms with Crippen molar-refractivity contribution in [3.8, 4) is 5.69 Å². The van der Waals surface area contributed by atoms with Gasteiger partial charge in [-0.25, -0.2) is 0 Å². The van der Waals surface area contributed by atoms with Crippen LogP contribution in [0.5, 0.6) is 0 Å². The number of nitro groups is 1. The topological polar surface area (TPSA) is 115 Å². The molecule has 4 aromatic rings. The predicted molar refractivity (Wildman–Crippen MR) is 137 cm³/mol. The highest BCUT2D eigenvalue weighted by atomic mass is 16.6. The van der Waals surface area contributed by atoms with Crippen molar-refractivity contribution < 1.29 is 14.5 Å². The summed E-state index contributed by atoms with van der Waals surface area (Å²) in [5.41, 5.74) is 4.64. The minimum atomic E-state index is -0.502. The first-order valence-corrected chi connectivity index (χ1v) is 11.8. The van der Waals surface area contributed by atoms with Crippen LogP contribution in [0.1, 0.15) is 35.7 Å². The first kappa shape index (κ1) is 23.4. The summed E-state index contributed by atoms with van der Waals surface area (Å²) in [4.78, 5) is 27.7. The molecule has 0 radical (unpaired) electrons. The number of amides is 1. The molecule has 10 nitrogen and oxygen atoms in total. The van der Waals surface area contributed by atoms with Gasteiger partial charge in [0.2, 0.25) is 0 Å². The fourth-order valence-electron chi connectivity index (χ4n) is 4.20. The van der Waals surface area contributed by atoms with E-state index in [1.807, 2.05) is 17.0 Å². The number of hydrogen-bond donors (Lipinski definition) is 1. The third kappa shape index (κ3) is 4.76. The summed E-state index contributed by atoms with van der Waals surface area (Å²) in [7, 11) is 0. The van der Waals surface area contributed by atoms with Gasteiger partial charge in [-0.05, 0) is 47.9 Å². The molecular weight excluding hydrogens is 460 g/mol. The molecule has 2 heterocycles. The summed E-state index contributed by atoms with van der Waals surface area (Å²) >= 11 is 0. The Kier molecular flexibility index (Phi) is 6.34. The van der Waals surface area contributed by atoms with Crippen LogP contribution in [0.3, 0.4) is 0 Å². The number of morpholine rings is 1. The molecule has 3 aromatic carbocycles. The molecular formula is C26H26N6O4. The molecule has 1 aromatic heterocycles. The molecule has 1 aliphatic heterocycles. The van der Waals surface area contributed by atoms with Gasteiger partial charge in [0.15, 0.2) is 0 Å². The third-order valence-electron chi connectivity index (χ3n) is 6.22. The Bertz CT molecular complexity index is 1420. The summed E-state index contributed by atoms with van der Waals surface area (Å²) in [6.07, 6.45) is 0. The lowest BCUT2D eigenvalue weighted by atomic mass is 10.0. The standard InChI is InChI=1S/C26H26N6O4/c1-17(2)18-3-6-20(7-4-18)31-28-23-9-5-19(15-24(23)29-31)27-26(33)22-16-21(32(34)35)8-10-25(22)30-11-13-36-14-12-30/h3-10,15-17H,11-14H2,1-2H3,(H,27,33). The Morgan fingerprint density at radius 2 is 1.72 bits per heavy atom. The van der Waals surface area contributed by atoms with E-state index in [-0.39, 0.29) is 11.3 Å². The molecule has 0 atom stereocenters. The van der Waals surface area contributed by atoms with Crippen molar-refractivity contribution in [2.24, 2.45) is 0 Å². The van der Waals surface area contributed by atoms with E-state index in [1.165, 1.54) is 17.7 Å². The maximum Gasteiger partial charge on any atom is 0.270 e. The normalized spacial score (nSPS) is 13.8. The van der Waals surface area contributed by atoms with E-state index in [1.54, 1.807) is 29.1 Å². The lowest BCUT2D eigenvalue weighted by Gasteiger charge is -2.30. The van der Waals surface area contributed by atoms with Gasteiger partial charge < -0.3 is 15.0 Å². The average Bonchev–Trinajstić information content (AvgIpc) is 3.32. The SMILES string of the molecule is CC(C)c1ccc(-n2nc3ccc(NC(=O)c4cc([N+](=O)[O-])ccc4N4CCOCC4)cc3n2)cc1. The summed E-state index contributed by atoms with van der Waals surface area (Å²) in [5.74, 6) is 0.000826. The number of nitrogens with one attached hydrogen (secondary N) is 1. The molecule has 0 spiro atoms. The maximum atomic E-state index is 13.3. The van der Waals surface area contributed by atoms with E-state index < -0.39 is 10.8 Å². The van der Waals surface area contributed by atoms with Gasteiger partial charge in [-0.1, -0.05) is 26.0 Å². The molecule has 5 rings (SSSR count). The number of aromatic nitrogens is 3. The molecule has 1 amide bonds. The highest BCUT2D eigenvalue weighted by Crippen LogP contribution is 2.28. The summed E-state index contributed by atoms with van der Waals surface area (Å²) in [5, 5.41) is 23.3. The van der Waals surface area contributed by atoms with Gasteiger partial charge in [0.25, 0.3) is 11.6 Å². The fourth-order valence-corrected chi connectivity index (χ4v) is 4.20. The van der Waals surface area contributed by atoms with E-state index in [4.69, 9.17) is 4.74 Å². The van der Waals surface area contributed by atoms with Crippen LogP contribution >= 0.6 is 0 Å². The summed E-state index contributed by atoms with van der Waals surface area (Å²) in [6, 6.07) is 17.7. The predicted octanol–water partition coefficient (Wildman–Crippen LogP) is 4.54. The fraction of sp³-hybridized carbons (Fsp3) is 0.269. The zero-order valence-electron chi connectivity index (χ0n) is 20.0. The zero-order valence-corrected chi connectivity index (χ0v) is 20.0. The quantitative estimate of drug-likeness (QED) is 0.314. The molecule has 0 unspecified atom stereocenters. The van der Waals surface area contributed by atoms with Crippen molar-refractivity contribution in [2.75, 3.05) is 36.5 Å². The molecule has 1 fully saturated rings. The number of carbonyl (C=O) groups excluding carboxylic acids is 1. The Hall–Kier alpha value is -4.31. The second kappa shape index (κ2) is 9.74. The highest BCUT2D eigenvalue weighted by Gasteiger charge is 2.22. The van der Waals surface area contributed by atoms with Crippen molar-refractivity contribution in [3.05, 3.63) is 81.9 Å². The van der Waals surface area contributed by atoms with E-state index in [9.17, 15) is 14.9 Å². The molecule has 1 saturated heterocycles. The monoisotopic (exact) mass is 486 g/mol. The second-order valence-corrected chi connectivity index (χ2v) is 8.95. The van der Waals surface area contributed by atoms with Crippen molar-refractivity contribution in [2.45, 2.75) is 19.8 Å². The van der Waals surface area contributed by atoms with Crippen molar-refractivity contribution in [1.82, 2.24) is 15.0 Å². The Balaban J connectivity index is 1.42. The largest absolute Gasteiger partial charge is 0.378 e. The minimum absolute atomic E-state index is 0.140. The van der Waals surface area contributed by atoms with Crippen LogP contribution in [-0.4, -0.2) is 52.1 Å². The van der Waals surface area contributed by atoms with Gasteiger partial charge in [-0.15, -0.1) is 10.2 Å². The lowest BCUT2D eigenvalue weighted by Crippen LogP contribution is -2.37. The lowest BCUT2D eigenvalue weighted by molar-refractivity contribution is -0.384. The summed E-state index contributed by atoms with van der Waals surface area (Å²) < 4.78 is 5.40. The molecule has 10 heteroatoms. The first-order chi connectivity index (χ1) is 17.4. The van der Waals surface area contributed by atoms with Crippen LogP contribution in [0, 0.1) is 10.1 Å². The van der Waals surface area contributed by atoms with E-state index >= 15 is 0 Å². The Morgan fingerprint density at radius 3 is 2.42 bits per heavy atom. The smallest absolute Gasteiger partial charge is 0.270 e. The molecule has 1 N–H and O–H groups in total. The Labute approximate surface area is 207 Å². The number of rotatable bonds is 6. The Morgan fingerprint density at radius 1 is 1.00 bits per heavy atom. The zero-order chi connectivity index (χ0) is 25.2. The van der Waals surface area contributed by atoms with Crippen LogP contribution in [0.2, 0.25) is 0 Å². The maximum absolute atomic E-state index is 13.3. The van der Waals surface area contributed by atoms with Gasteiger partial charge in [0.05, 0.1) is 35.1 Å². The van der Waals surface area contributed by atoms with Crippen molar-refractivity contribution >= 4 is 34.0 Å². The van der Waals surface area contributed by atoms with Crippen LogP contribution in [0.4, 0.5) is 17.1 Å². The number of hydrogen-bond acceptors (Lipinski definition) is 7. The van der Waals surface area contributed by atoms with Crippen molar-refractivity contribution in [1.29, 1.82) is 0 Å². The molecule has 184 valence electrons. The number of carbonyl (C=O) groups is 1. The molecule has 0 bridgehead atoms. The van der Waals surface area contributed by atoms with Crippen LogP contribution in [0.25, 0.3) is 16.7 Å². The summed E-state index contributed by atoms with van der Waals surface area (Å²) in [6.45, 7) is 6.55. The second-order valence-electron chi connectivity index (χ2n) is 8.95. The van der Waals surface area contributed by atoms with E-state index in [2.05, 4.69) is 41.5 Å². The highest BCUT2D eigenvalue weighted by molar-refractivity contribution is 6.09. The minimum Gasteiger partial charge on any atom is -0.378 e. The van der Waals surface area contributed by atoms with Crippen LogP contribution in [0.15, 0.2) is 60.7 Å². The number of nitro benzene ring substituents is 1. The number of nitrogens with zero attached hydrogens (tertiary/aromatic N) is 5. The average molecular weight is 487 g/mol. The first-order valence-electron chi connectivity index (χ1n) is 11.8. The molecule has 0 saturated carbocycles. The third-order valence-corrected chi connectivity index (χ3v) is 6.22. The number of anilines is 2. The van der Waals surface area contributed by atoms with Gasteiger partial charge in [-0.2, -0.15) is 4.80 Å². The van der Waals surface area contributed by atoms with Gasteiger partial charge in [0.1, 0.15) is 11.0 Å². The number of benzene rings is 3. The van der Waals surface area contributed by atoms with Gasteiger partial charge in [0, 0.05) is 30.9 Å². The van der Waals surface area contributed by atoms with E-state index in [0.29, 0.717) is 54.6 Å². The molecule has 0 aliphatic carbocycles.